The Morgan fingerprint density at radius 3 is 2.57 bits per heavy atom. The minimum Gasteiger partial charge on any atom is -0.491 e. The molecule has 0 amide bonds. The molecule has 1 aromatic rings. The lowest BCUT2D eigenvalue weighted by molar-refractivity contribution is 0.265. The van der Waals surface area contributed by atoms with Gasteiger partial charge in [0.25, 0.3) is 0 Å². The topological polar surface area (TPSA) is 59.0 Å². The van der Waals surface area contributed by atoms with Crippen molar-refractivity contribution in [3.8, 4) is 11.8 Å². The lowest BCUT2D eigenvalue weighted by atomic mass is 10.1. The van der Waals surface area contributed by atoms with Crippen molar-refractivity contribution < 1.29 is 4.74 Å². The molecule has 74 valence electrons. The maximum absolute atomic E-state index is 8.64. The Bertz CT molecular complexity index is 340. The van der Waals surface area contributed by atoms with E-state index in [0.717, 1.165) is 0 Å². The molecule has 0 fully saturated rings. The second kappa shape index (κ2) is 4.32. The average Bonchev–Trinajstić information content (AvgIpc) is 2.17. The first-order chi connectivity index (χ1) is 6.53. The first kappa shape index (κ1) is 10.8. The van der Waals surface area contributed by atoms with Gasteiger partial charge >= 0.3 is 0 Å². The first-order valence-corrected chi connectivity index (χ1v) is 4.50. The van der Waals surface area contributed by atoms with E-state index in [4.69, 9.17) is 27.3 Å². The van der Waals surface area contributed by atoms with Crippen molar-refractivity contribution in [1.82, 2.24) is 0 Å². The maximum Gasteiger partial charge on any atom is 0.135 e. The van der Waals surface area contributed by atoms with Crippen LogP contribution >= 0.6 is 11.6 Å². The molecule has 4 heteroatoms. The smallest absolute Gasteiger partial charge is 0.135 e. The summed E-state index contributed by atoms with van der Waals surface area (Å²) in [6.07, 6.45) is 0. The van der Waals surface area contributed by atoms with E-state index in [1.165, 1.54) is 0 Å². The third-order valence-electron chi connectivity index (χ3n) is 1.61. The quantitative estimate of drug-likeness (QED) is 0.830. The lowest BCUT2D eigenvalue weighted by Gasteiger charge is -2.15. The van der Waals surface area contributed by atoms with E-state index in [0.29, 0.717) is 10.8 Å². The SMILES string of the molecule is C[C@@](N)(C#N)COc1ccc(Cl)cc1. The highest BCUT2D eigenvalue weighted by molar-refractivity contribution is 6.30. The molecule has 1 aromatic carbocycles. The normalized spacial score (nSPS) is 14.1. The van der Waals surface area contributed by atoms with Crippen molar-refractivity contribution in [3.05, 3.63) is 29.3 Å². The number of nitriles is 1. The summed E-state index contributed by atoms with van der Waals surface area (Å²) < 4.78 is 5.31. The Labute approximate surface area is 88.0 Å². The van der Waals surface area contributed by atoms with Gasteiger partial charge in [0.05, 0.1) is 6.07 Å². The van der Waals surface area contributed by atoms with Gasteiger partial charge in [0.2, 0.25) is 0 Å². The van der Waals surface area contributed by atoms with Crippen LogP contribution in [0.25, 0.3) is 0 Å². The predicted molar refractivity (Wildman–Crippen MR) is 55.2 cm³/mol. The first-order valence-electron chi connectivity index (χ1n) is 4.12. The Morgan fingerprint density at radius 1 is 1.50 bits per heavy atom. The van der Waals surface area contributed by atoms with Crippen molar-refractivity contribution in [2.75, 3.05) is 6.61 Å². The predicted octanol–water partition coefficient (Wildman–Crippen LogP) is 1.96. The summed E-state index contributed by atoms with van der Waals surface area (Å²) >= 11 is 5.70. The van der Waals surface area contributed by atoms with Crippen LogP contribution in [0.5, 0.6) is 5.75 Å². The average molecular weight is 211 g/mol. The second-order valence-corrected chi connectivity index (χ2v) is 3.71. The number of benzene rings is 1. The zero-order valence-corrected chi connectivity index (χ0v) is 8.58. The van der Waals surface area contributed by atoms with E-state index in [-0.39, 0.29) is 6.61 Å². The fraction of sp³-hybridized carbons (Fsp3) is 0.300. The van der Waals surface area contributed by atoms with Gasteiger partial charge in [0.15, 0.2) is 0 Å². The molecule has 0 saturated carbocycles. The molecule has 0 unspecified atom stereocenters. The van der Waals surface area contributed by atoms with E-state index in [1.807, 2.05) is 6.07 Å². The summed E-state index contributed by atoms with van der Waals surface area (Å²) in [6.45, 7) is 1.77. The van der Waals surface area contributed by atoms with Gasteiger partial charge in [-0.3, -0.25) is 0 Å². The highest BCUT2D eigenvalue weighted by Gasteiger charge is 2.17. The van der Waals surface area contributed by atoms with Crippen molar-refractivity contribution in [2.45, 2.75) is 12.5 Å². The zero-order valence-electron chi connectivity index (χ0n) is 7.83. The molecule has 0 aliphatic heterocycles. The number of rotatable bonds is 3. The molecular weight excluding hydrogens is 200 g/mol. The minimum absolute atomic E-state index is 0.158. The summed E-state index contributed by atoms with van der Waals surface area (Å²) in [5.41, 5.74) is 4.62. The third-order valence-corrected chi connectivity index (χ3v) is 1.86. The molecule has 0 aliphatic carbocycles. The largest absolute Gasteiger partial charge is 0.491 e. The van der Waals surface area contributed by atoms with E-state index in [2.05, 4.69) is 0 Å². The third kappa shape index (κ3) is 3.25. The van der Waals surface area contributed by atoms with Gasteiger partial charge in [-0.25, -0.2) is 0 Å². The highest BCUT2D eigenvalue weighted by Crippen LogP contribution is 2.16. The molecule has 14 heavy (non-hydrogen) atoms. The second-order valence-electron chi connectivity index (χ2n) is 3.27. The molecule has 0 heterocycles. The van der Waals surface area contributed by atoms with Crippen LogP contribution in [-0.4, -0.2) is 12.1 Å². The standard InChI is InChI=1S/C10H11ClN2O/c1-10(13,6-12)7-14-9-4-2-8(11)3-5-9/h2-5H,7,13H2,1H3/t10-/m1/s1. The van der Waals surface area contributed by atoms with Gasteiger partial charge in [-0.15, -0.1) is 0 Å². The fourth-order valence-corrected chi connectivity index (χ4v) is 0.922. The highest BCUT2D eigenvalue weighted by atomic mass is 35.5. The Morgan fingerprint density at radius 2 is 2.07 bits per heavy atom. The van der Waals surface area contributed by atoms with Gasteiger partial charge in [-0.05, 0) is 31.2 Å². The molecule has 0 spiro atoms. The summed E-state index contributed by atoms with van der Waals surface area (Å²) in [6, 6.07) is 8.85. The maximum atomic E-state index is 8.64. The molecule has 2 N–H and O–H groups in total. The van der Waals surface area contributed by atoms with Gasteiger partial charge < -0.3 is 10.5 Å². The Balaban J connectivity index is 2.55. The van der Waals surface area contributed by atoms with E-state index >= 15 is 0 Å². The monoisotopic (exact) mass is 210 g/mol. The number of hydrogen-bond acceptors (Lipinski definition) is 3. The van der Waals surface area contributed by atoms with Crippen LogP contribution in [0.4, 0.5) is 0 Å². The molecule has 1 rings (SSSR count). The number of nitrogens with two attached hydrogens (primary N) is 1. The van der Waals surface area contributed by atoms with E-state index in [9.17, 15) is 0 Å². The van der Waals surface area contributed by atoms with Crippen LogP contribution in [0.2, 0.25) is 5.02 Å². The molecule has 0 bridgehead atoms. The van der Waals surface area contributed by atoms with Crippen LogP contribution in [0, 0.1) is 11.3 Å². The molecule has 0 aliphatic rings. The fourth-order valence-electron chi connectivity index (χ4n) is 0.796. The van der Waals surface area contributed by atoms with E-state index < -0.39 is 5.54 Å². The Hall–Kier alpha value is -1.24. The molecule has 3 nitrogen and oxygen atoms in total. The van der Waals surface area contributed by atoms with Gasteiger partial charge in [0.1, 0.15) is 17.9 Å². The van der Waals surface area contributed by atoms with Gasteiger partial charge in [0, 0.05) is 5.02 Å². The number of ether oxygens (including phenoxy) is 1. The zero-order chi connectivity index (χ0) is 10.6. The number of hydrogen-bond donors (Lipinski definition) is 1. The summed E-state index contributed by atoms with van der Waals surface area (Å²) in [5, 5.41) is 9.29. The molecule has 0 aromatic heterocycles. The molecule has 0 radical (unpaired) electrons. The van der Waals surface area contributed by atoms with Crippen LogP contribution in [0.1, 0.15) is 6.92 Å². The summed E-state index contributed by atoms with van der Waals surface area (Å²) in [5.74, 6) is 0.654. The summed E-state index contributed by atoms with van der Waals surface area (Å²) in [7, 11) is 0. The van der Waals surface area contributed by atoms with Crippen molar-refractivity contribution in [3.63, 3.8) is 0 Å². The van der Waals surface area contributed by atoms with Crippen molar-refractivity contribution >= 4 is 11.6 Å². The van der Waals surface area contributed by atoms with Crippen molar-refractivity contribution in [1.29, 1.82) is 5.26 Å². The lowest BCUT2D eigenvalue weighted by Crippen LogP contribution is -2.40. The van der Waals surface area contributed by atoms with Crippen LogP contribution in [0.3, 0.4) is 0 Å². The summed E-state index contributed by atoms with van der Waals surface area (Å²) in [4.78, 5) is 0. The number of halogens is 1. The van der Waals surface area contributed by atoms with Crippen LogP contribution in [-0.2, 0) is 0 Å². The number of nitrogens with zero attached hydrogens (tertiary/aromatic N) is 1. The van der Waals surface area contributed by atoms with E-state index in [1.54, 1.807) is 31.2 Å². The van der Waals surface area contributed by atoms with Gasteiger partial charge in [-0.1, -0.05) is 11.6 Å². The van der Waals surface area contributed by atoms with Crippen molar-refractivity contribution in [2.24, 2.45) is 5.73 Å². The Kier molecular flexibility index (Phi) is 3.34. The minimum atomic E-state index is -0.959. The van der Waals surface area contributed by atoms with Gasteiger partial charge in [-0.2, -0.15) is 5.26 Å². The molecule has 1 atom stereocenters. The van der Waals surface area contributed by atoms with Crippen LogP contribution in [0.15, 0.2) is 24.3 Å². The molecular formula is C10H11ClN2O. The van der Waals surface area contributed by atoms with Crippen LogP contribution < -0.4 is 10.5 Å². The molecule has 0 saturated heterocycles.